The van der Waals surface area contributed by atoms with Crippen LogP contribution in [0.2, 0.25) is 0 Å². The van der Waals surface area contributed by atoms with Crippen LogP contribution in [0.25, 0.3) is 0 Å². The Morgan fingerprint density at radius 3 is 2.34 bits per heavy atom. The van der Waals surface area contributed by atoms with Gasteiger partial charge in [-0.05, 0) is 36.7 Å². The molecule has 1 amide bonds. The van der Waals surface area contributed by atoms with Crippen LogP contribution in [0.4, 0.5) is 13.2 Å². The van der Waals surface area contributed by atoms with Gasteiger partial charge in [-0.25, -0.2) is 0 Å². The van der Waals surface area contributed by atoms with E-state index in [0.717, 1.165) is 23.5 Å². The predicted molar refractivity (Wildman–Crippen MR) is 104 cm³/mol. The number of aryl methyl sites for hydroxylation is 2. The number of piperazine rings is 1. The largest absolute Gasteiger partial charge is 0.436 e. The van der Waals surface area contributed by atoms with E-state index in [4.69, 9.17) is 0 Å². The Morgan fingerprint density at radius 2 is 1.83 bits per heavy atom. The minimum atomic E-state index is -4.56. The molecule has 3 rings (SSSR count). The van der Waals surface area contributed by atoms with E-state index in [-0.39, 0.29) is 22.6 Å². The first-order valence-electron chi connectivity index (χ1n) is 9.43. The van der Waals surface area contributed by atoms with E-state index in [1.54, 1.807) is 4.90 Å². The lowest BCUT2D eigenvalue weighted by Gasteiger charge is -2.34. The number of halogens is 4. The van der Waals surface area contributed by atoms with Crippen LogP contribution in [-0.2, 0) is 30.6 Å². The smallest absolute Gasteiger partial charge is 0.339 e. The van der Waals surface area contributed by atoms with Gasteiger partial charge in [0.1, 0.15) is 6.54 Å². The van der Waals surface area contributed by atoms with Gasteiger partial charge in [-0.3, -0.25) is 19.1 Å². The van der Waals surface area contributed by atoms with Crippen molar-refractivity contribution in [3.8, 4) is 0 Å². The number of aromatic nitrogens is 4. The van der Waals surface area contributed by atoms with Gasteiger partial charge in [-0.1, -0.05) is 0 Å². The molecule has 0 spiro atoms. The van der Waals surface area contributed by atoms with Crippen molar-refractivity contribution in [3.05, 3.63) is 33.3 Å². The van der Waals surface area contributed by atoms with E-state index >= 15 is 0 Å². The Bertz CT molecular complexity index is 883. The molecule has 2 aromatic heterocycles. The molecule has 1 aliphatic rings. The molecule has 0 radical (unpaired) electrons. The maximum absolute atomic E-state index is 13.0. The highest BCUT2D eigenvalue weighted by molar-refractivity contribution is 9.10. The van der Waals surface area contributed by atoms with Crippen molar-refractivity contribution in [2.45, 2.75) is 46.6 Å². The summed E-state index contributed by atoms with van der Waals surface area (Å²) in [5, 5.41) is 8.03. The highest BCUT2D eigenvalue weighted by Gasteiger charge is 2.38. The molecule has 0 saturated carbocycles. The molecular weight excluding hydrogens is 453 g/mol. The number of hydrogen-bond acceptors (Lipinski definition) is 4. The van der Waals surface area contributed by atoms with Crippen molar-refractivity contribution in [1.29, 1.82) is 0 Å². The summed E-state index contributed by atoms with van der Waals surface area (Å²) in [5.41, 5.74) is 1.46. The molecule has 0 unspecified atom stereocenters. The highest BCUT2D eigenvalue weighted by atomic mass is 79.9. The van der Waals surface area contributed by atoms with Crippen molar-refractivity contribution in [1.82, 2.24) is 29.4 Å². The molecule has 0 aliphatic carbocycles. The molecule has 0 bridgehead atoms. The SMILES string of the molecule is CCn1cc(CN2CCN(C(=O)Cn3nc(C(F)(F)F)c(Br)c3C)CC2)c(C)n1. The maximum Gasteiger partial charge on any atom is 0.436 e. The average Bonchev–Trinajstić information content (AvgIpc) is 3.16. The Labute approximate surface area is 175 Å². The molecule has 1 aliphatic heterocycles. The van der Waals surface area contributed by atoms with E-state index in [0.29, 0.717) is 26.2 Å². The van der Waals surface area contributed by atoms with Crippen LogP contribution in [0.15, 0.2) is 10.7 Å². The third-order valence-corrected chi connectivity index (χ3v) is 6.13. The van der Waals surface area contributed by atoms with Crippen molar-refractivity contribution < 1.29 is 18.0 Å². The van der Waals surface area contributed by atoms with Gasteiger partial charge in [-0.15, -0.1) is 0 Å². The van der Waals surface area contributed by atoms with Crippen LogP contribution in [0, 0.1) is 13.8 Å². The second-order valence-electron chi connectivity index (χ2n) is 7.16. The summed E-state index contributed by atoms with van der Waals surface area (Å²) >= 11 is 2.93. The fraction of sp³-hybridized carbons (Fsp3) is 0.611. The minimum Gasteiger partial charge on any atom is -0.339 e. The number of carbonyl (C=O) groups is 1. The van der Waals surface area contributed by atoms with Gasteiger partial charge in [-0.2, -0.15) is 23.4 Å². The molecule has 0 N–H and O–H groups in total. The fourth-order valence-corrected chi connectivity index (χ4v) is 3.87. The summed E-state index contributed by atoms with van der Waals surface area (Å²) in [4.78, 5) is 16.5. The normalized spacial score (nSPS) is 15.9. The maximum atomic E-state index is 13.0. The van der Waals surface area contributed by atoms with Crippen LogP contribution < -0.4 is 0 Å². The van der Waals surface area contributed by atoms with Gasteiger partial charge in [0.25, 0.3) is 0 Å². The van der Waals surface area contributed by atoms with E-state index in [2.05, 4.69) is 31.0 Å². The molecule has 29 heavy (non-hydrogen) atoms. The van der Waals surface area contributed by atoms with Crippen molar-refractivity contribution in [2.24, 2.45) is 0 Å². The van der Waals surface area contributed by atoms with Crippen molar-refractivity contribution in [2.75, 3.05) is 26.2 Å². The third-order valence-electron chi connectivity index (χ3n) is 5.18. The lowest BCUT2D eigenvalue weighted by Crippen LogP contribution is -2.49. The van der Waals surface area contributed by atoms with Crippen LogP contribution in [0.3, 0.4) is 0 Å². The van der Waals surface area contributed by atoms with Gasteiger partial charge in [0.2, 0.25) is 5.91 Å². The number of amides is 1. The zero-order valence-electron chi connectivity index (χ0n) is 16.6. The van der Waals surface area contributed by atoms with Gasteiger partial charge in [0, 0.05) is 51.0 Å². The van der Waals surface area contributed by atoms with Crippen LogP contribution in [0.5, 0.6) is 0 Å². The quantitative estimate of drug-likeness (QED) is 0.665. The zero-order chi connectivity index (χ0) is 21.3. The van der Waals surface area contributed by atoms with Crippen molar-refractivity contribution in [3.63, 3.8) is 0 Å². The Hall–Kier alpha value is -1.88. The molecule has 2 aromatic rings. The molecule has 11 heteroatoms. The first-order chi connectivity index (χ1) is 13.6. The number of carbonyl (C=O) groups excluding carboxylic acids is 1. The summed E-state index contributed by atoms with van der Waals surface area (Å²) in [7, 11) is 0. The molecule has 0 aromatic carbocycles. The van der Waals surface area contributed by atoms with E-state index in [1.807, 2.05) is 24.7 Å². The van der Waals surface area contributed by atoms with Crippen LogP contribution >= 0.6 is 15.9 Å². The van der Waals surface area contributed by atoms with E-state index in [1.165, 1.54) is 12.5 Å². The first kappa shape index (κ1) is 21.8. The molecule has 1 fully saturated rings. The highest BCUT2D eigenvalue weighted by Crippen LogP contribution is 2.35. The molecule has 3 heterocycles. The average molecular weight is 477 g/mol. The molecule has 160 valence electrons. The van der Waals surface area contributed by atoms with Gasteiger partial charge in [0.05, 0.1) is 15.9 Å². The predicted octanol–water partition coefficient (Wildman–Crippen LogP) is 2.84. The van der Waals surface area contributed by atoms with Crippen LogP contribution in [0.1, 0.15) is 29.6 Å². The summed E-state index contributed by atoms with van der Waals surface area (Å²) in [6.07, 6.45) is -2.52. The second-order valence-corrected chi connectivity index (χ2v) is 7.95. The topological polar surface area (TPSA) is 59.2 Å². The molecule has 0 atom stereocenters. The van der Waals surface area contributed by atoms with Gasteiger partial charge < -0.3 is 4.90 Å². The van der Waals surface area contributed by atoms with Gasteiger partial charge in [0.15, 0.2) is 5.69 Å². The Morgan fingerprint density at radius 1 is 1.17 bits per heavy atom. The molecular formula is C18H24BrF3N6O. The van der Waals surface area contributed by atoms with Gasteiger partial charge >= 0.3 is 6.18 Å². The van der Waals surface area contributed by atoms with Crippen molar-refractivity contribution >= 4 is 21.8 Å². The molecule has 7 nitrogen and oxygen atoms in total. The number of nitrogens with zero attached hydrogens (tertiary/aromatic N) is 6. The Balaban J connectivity index is 1.57. The summed E-state index contributed by atoms with van der Waals surface area (Å²) in [5.74, 6) is -0.230. The standard InChI is InChI=1S/C18H24BrF3N6O/c1-4-27-10-14(12(2)23-27)9-25-5-7-26(8-6-25)15(29)11-28-13(3)16(19)17(24-28)18(20,21)22/h10H,4-9,11H2,1-3H3. The number of alkyl halides is 3. The van der Waals surface area contributed by atoms with E-state index in [9.17, 15) is 18.0 Å². The summed E-state index contributed by atoms with van der Waals surface area (Å²) in [6, 6.07) is 0. The summed E-state index contributed by atoms with van der Waals surface area (Å²) < 4.78 is 41.9. The number of rotatable bonds is 5. The monoisotopic (exact) mass is 476 g/mol. The second kappa shape index (κ2) is 8.47. The third kappa shape index (κ3) is 4.82. The lowest BCUT2D eigenvalue weighted by atomic mass is 10.2. The zero-order valence-corrected chi connectivity index (χ0v) is 18.2. The van der Waals surface area contributed by atoms with E-state index < -0.39 is 11.9 Å². The molecule has 1 saturated heterocycles. The lowest BCUT2D eigenvalue weighted by molar-refractivity contribution is -0.142. The minimum absolute atomic E-state index is 0.120. The van der Waals surface area contributed by atoms with Crippen LogP contribution in [-0.4, -0.2) is 61.4 Å². The fourth-order valence-electron chi connectivity index (χ4n) is 3.36. The summed E-state index contributed by atoms with van der Waals surface area (Å²) in [6.45, 7) is 9.41. The first-order valence-corrected chi connectivity index (χ1v) is 10.2. The Kier molecular flexibility index (Phi) is 6.37. The number of hydrogen-bond donors (Lipinski definition) is 0.